The lowest BCUT2D eigenvalue weighted by Gasteiger charge is -2.09. The highest BCUT2D eigenvalue weighted by atomic mass is 16.2. The molecule has 0 aliphatic carbocycles. The largest absolute Gasteiger partial charge is 0.356 e. The zero-order valence-corrected chi connectivity index (χ0v) is 16.0. The Balaban J connectivity index is 1.37. The molecule has 0 bridgehead atoms. The standard InChI is InChI=1S/C23H21N5O/c1-28-21(17-8-4-2-5-9-17)16-22(27-28)26-23(29)25-20-14-12-19(13-15-20)24-18-10-6-3-7-11-18/h2-16,24H,1H3,(H2,25,26,27,29). The lowest BCUT2D eigenvalue weighted by atomic mass is 10.1. The van der Waals surface area contributed by atoms with E-state index >= 15 is 0 Å². The Labute approximate surface area is 169 Å². The Morgan fingerprint density at radius 1 is 0.759 bits per heavy atom. The van der Waals surface area contributed by atoms with Crippen LogP contribution in [0.5, 0.6) is 0 Å². The van der Waals surface area contributed by atoms with Crippen LogP contribution in [-0.4, -0.2) is 15.8 Å². The highest BCUT2D eigenvalue weighted by Gasteiger charge is 2.10. The number of aromatic nitrogens is 2. The summed E-state index contributed by atoms with van der Waals surface area (Å²) in [4.78, 5) is 12.3. The van der Waals surface area contributed by atoms with E-state index in [0.29, 0.717) is 11.5 Å². The maximum atomic E-state index is 12.3. The lowest BCUT2D eigenvalue weighted by Crippen LogP contribution is -2.19. The highest BCUT2D eigenvalue weighted by Crippen LogP contribution is 2.22. The number of rotatable bonds is 5. The van der Waals surface area contributed by atoms with Gasteiger partial charge in [-0.3, -0.25) is 10.00 Å². The molecule has 0 saturated carbocycles. The van der Waals surface area contributed by atoms with Crippen molar-refractivity contribution in [2.45, 2.75) is 0 Å². The molecule has 0 radical (unpaired) electrons. The van der Waals surface area contributed by atoms with Crippen LogP contribution in [0.15, 0.2) is 91.0 Å². The van der Waals surface area contributed by atoms with Gasteiger partial charge in [-0.2, -0.15) is 5.10 Å². The van der Waals surface area contributed by atoms with E-state index in [0.717, 1.165) is 22.6 Å². The summed E-state index contributed by atoms with van der Waals surface area (Å²) in [6.45, 7) is 0. The van der Waals surface area contributed by atoms with Crippen LogP contribution in [0.2, 0.25) is 0 Å². The van der Waals surface area contributed by atoms with E-state index in [1.54, 1.807) is 4.68 Å². The van der Waals surface area contributed by atoms with Crippen LogP contribution in [0.1, 0.15) is 0 Å². The molecule has 3 aromatic carbocycles. The van der Waals surface area contributed by atoms with E-state index in [2.05, 4.69) is 21.0 Å². The Bertz CT molecular complexity index is 1090. The van der Waals surface area contributed by atoms with Gasteiger partial charge >= 0.3 is 6.03 Å². The van der Waals surface area contributed by atoms with Gasteiger partial charge in [0.25, 0.3) is 0 Å². The van der Waals surface area contributed by atoms with Crippen molar-refractivity contribution < 1.29 is 4.79 Å². The molecule has 2 amide bonds. The first-order valence-corrected chi connectivity index (χ1v) is 9.27. The fourth-order valence-electron chi connectivity index (χ4n) is 3.01. The molecule has 0 unspecified atom stereocenters. The number of carbonyl (C=O) groups is 1. The zero-order valence-electron chi connectivity index (χ0n) is 16.0. The van der Waals surface area contributed by atoms with Crippen molar-refractivity contribution in [1.82, 2.24) is 9.78 Å². The first-order chi connectivity index (χ1) is 14.2. The number of carbonyl (C=O) groups excluding carboxylic acids is 1. The molecule has 0 spiro atoms. The van der Waals surface area contributed by atoms with Gasteiger partial charge in [0.2, 0.25) is 0 Å². The number of urea groups is 1. The van der Waals surface area contributed by atoms with Crippen molar-refractivity contribution in [1.29, 1.82) is 0 Å². The molecule has 144 valence electrons. The van der Waals surface area contributed by atoms with Gasteiger partial charge in [0, 0.05) is 30.2 Å². The molecule has 1 aromatic heterocycles. The van der Waals surface area contributed by atoms with Crippen LogP contribution in [0.25, 0.3) is 11.3 Å². The zero-order chi connectivity index (χ0) is 20.1. The summed E-state index contributed by atoms with van der Waals surface area (Å²) in [5.74, 6) is 0.492. The Hall–Kier alpha value is -4.06. The van der Waals surface area contributed by atoms with Gasteiger partial charge in [-0.25, -0.2) is 4.79 Å². The fraction of sp³-hybridized carbons (Fsp3) is 0.0435. The van der Waals surface area contributed by atoms with E-state index in [1.165, 1.54) is 0 Å². The van der Waals surface area contributed by atoms with Crippen LogP contribution < -0.4 is 16.0 Å². The molecule has 0 aliphatic rings. The maximum Gasteiger partial charge on any atom is 0.324 e. The fourth-order valence-corrected chi connectivity index (χ4v) is 3.01. The molecule has 4 rings (SSSR count). The van der Waals surface area contributed by atoms with Crippen LogP contribution in [0, 0.1) is 0 Å². The molecular formula is C23H21N5O. The third-order valence-corrected chi connectivity index (χ3v) is 4.40. The van der Waals surface area contributed by atoms with Crippen molar-refractivity contribution >= 4 is 28.9 Å². The van der Waals surface area contributed by atoms with Gasteiger partial charge in [-0.05, 0) is 42.0 Å². The number of aryl methyl sites for hydroxylation is 1. The Morgan fingerprint density at radius 3 is 2.03 bits per heavy atom. The third kappa shape index (κ3) is 4.62. The van der Waals surface area contributed by atoms with E-state index in [1.807, 2.05) is 98.0 Å². The van der Waals surface area contributed by atoms with Crippen LogP contribution in [0.3, 0.4) is 0 Å². The number of benzene rings is 3. The predicted octanol–water partition coefficient (Wildman–Crippen LogP) is 5.47. The summed E-state index contributed by atoms with van der Waals surface area (Å²) in [7, 11) is 1.85. The molecule has 0 aliphatic heterocycles. The molecule has 29 heavy (non-hydrogen) atoms. The van der Waals surface area contributed by atoms with Crippen LogP contribution >= 0.6 is 0 Å². The molecule has 6 heteroatoms. The highest BCUT2D eigenvalue weighted by molar-refractivity contribution is 5.99. The summed E-state index contributed by atoms with van der Waals surface area (Å²) >= 11 is 0. The summed E-state index contributed by atoms with van der Waals surface area (Å²) in [5.41, 5.74) is 4.62. The topological polar surface area (TPSA) is 71.0 Å². The Morgan fingerprint density at radius 2 is 1.34 bits per heavy atom. The normalized spacial score (nSPS) is 10.4. The monoisotopic (exact) mass is 383 g/mol. The molecule has 0 saturated heterocycles. The Kier molecular flexibility index (Phi) is 5.25. The molecular weight excluding hydrogens is 362 g/mol. The van der Waals surface area contributed by atoms with E-state index in [4.69, 9.17) is 0 Å². The maximum absolute atomic E-state index is 12.3. The van der Waals surface area contributed by atoms with E-state index in [9.17, 15) is 4.79 Å². The number of amides is 2. The molecule has 0 atom stereocenters. The summed E-state index contributed by atoms with van der Waals surface area (Å²) in [6.07, 6.45) is 0. The van der Waals surface area contributed by atoms with Gasteiger partial charge in [0.15, 0.2) is 5.82 Å². The van der Waals surface area contributed by atoms with Gasteiger partial charge < -0.3 is 10.6 Å². The molecule has 4 aromatic rings. The number of nitrogens with one attached hydrogen (secondary N) is 3. The average Bonchev–Trinajstić information content (AvgIpc) is 3.10. The van der Waals surface area contributed by atoms with E-state index in [-0.39, 0.29) is 6.03 Å². The van der Waals surface area contributed by atoms with Crippen molar-refractivity contribution in [3.05, 3.63) is 91.0 Å². The first-order valence-electron chi connectivity index (χ1n) is 9.27. The molecule has 6 nitrogen and oxygen atoms in total. The second kappa shape index (κ2) is 8.31. The van der Waals surface area contributed by atoms with Crippen molar-refractivity contribution in [3.63, 3.8) is 0 Å². The molecule has 0 fully saturated rings. The van der Waals surface area contributed by atoms with Gasteiger partial charge in [-0.15, -0.1) is 0 Å². The quantitative estimate of drug-likeness (QED) is 0.428. The van der Waals surface area contributed by atoms with Gasteiger partial charge in [0.1, 0.15) is 0 Å². The van der Waals surface area contributed by atoms with Crippen molar-refractivity contribution in [2.24, 2.45) is 7.05 Å². The van der Waals surface area contributed by atoms with Crippen molar-refractivity contribution in [2.75, 3.05) is 16.0 Å². The van der Waals surface area contributed by atoms with Gasteiger partial charge in [0.05, 0.1) is 5.69 Å². The van der Waals surface area contributed by atoms with Crippen LogP contribution in [0.4, 0.5) is 27.7 Å². The number of nitrogens with zero attached hydrogens (tertiary/aromatic N) is 2. The number of hydrogen-bond acceptors (Lipinski definition) is 3. The number of anilines is 4. The third-order valence-electron chi connectivity index (χ3n) is 4.40. The lowest BCUT2D eigenvalue weighted by molar-refractivity contribution is 0.262. The number of para-hydroxylation sites is 1. The smallest absolute Gasteiger partial charge is 0.324 e. The summed E-state index contributed by atoms with van der Waals surface area (Å²) in [5, 5.41) is 13.3. The van der Waals surface area contributed by atoms with E-state index < -0.39 is 0 Å². The second-order valence-electron chi connectivity index (χ2n) is 6.55. The second-order valence-corrected chi connectivity index (χ2v) is 6.55. The summed E-state index contributed by atoms with van der Waals surface area (Å²) < 4.78 is 1.75. The predicted molar refractivity (Wildman–Crippen MR) is 117 cm³/mol. The first kappa shape index (κ1) is 18.3. The SMILES string of the molecule is Cn1nc(NC(=O)Nc2ccc(Nc3ccccc3)cc2)cc1-c1ccccc1. The number of hydrogen-bond donors (Lipinski definition) is 3. The molecule has 1 heterocycles. The molecule has 3 N–H and O–H groups in total. The van der Waals surface area contributed by atoms with Crippen molar-refractivity contribution in [3.8, 4) is 11.3 Å². The minimum absolute atomic E-state index is 0.341. The minimum Gasteiger partial charge on any atom is -0.356 e. The van der Waals surface area contributed by atoms with Crippen LogP contribution in [-0.2, 0) is 7.05 Å². The van der Waals surface area contributed by atoms with Gasteiger partial charge in [-0.1, -0.05) is 48.5 Å². The minimum atomic E-state index is -0.341. The average molecular weight is 383 g/mol. The summed E-state index contributed by atoms with van der Waals surface area (Å²) in [6, 6.07) is 28.9.